The smallest absolute Gasteiger partial charge is 0.338 e. The average molecular weight is 199 g/mol. The van der Waals surface area contributed by atoms with Crippen LogP contribution < -0.4 is 5.73 Å². The summed E-state index contributed by atoms with van der Waals surface area (Å²) < 4.78 is 0. The van der Waals surface area contributed by atoms with Gasteiger partial charge in [0.05, 0.1) is 5.56 Å². The van der Waals surface area contributed by atoms with Crippen LogP contribution in [0.1, 0.15) is 35.0 Å². The molecule has 3 N–H and O–H groups in total. The maximum atomic E-state index is 10.6. The number of anilines is 1. The number of hydrogen-bond acceptors (Lipinski definition) is 3. The highest BCUT2D eigenvalue weighted by Crippen LogP contribution is 2.26. The first-order valence-electron chi connectivity index (χ1n) is 4.26. The number of aromatic carboxylic acids is 1. The van der Waals surface area contributed by atoms with Crippen molar-refractivity contribution in [1.29, 1.82) is 0 Å². The van der Waals surface area contributed by atoms with Crippen molar-refractivity contribution in [3.05, 3.63) is 16.5 Å². The molecule has 0 aliphatic heterocycles. The zero-order valence-electron chi connectivity index (χ0n) is 7.54. The van der Waals surface area contributed by atoms with Crippen molar-refractivity contribution in [1.82, 2.24) is 0 Å². The first-order chi connectivity index (χ1) is 6.15. The molecule has 0 aromatic carbocycles. The first-order valence-corrected chi connectivity index (χ1v) is 5.08. The Morgan fingerprint density at radius 2 is 2.38 bits per heavy atom. The van der Waals surface area contributed by atoms with Crippen LogP contribution in [0, 0.1) is 0 Å². The van der Waals surface area contributed by atoms with Crippen molar-refractivity contribution in [2.75, 3.05) is 5.73 Å². The fraction of sp³-hybridized carbons (Fsp3) is 0.444. The minimum absolute atomic E-state index is 0.246. The molecule has 0 aliphatic carbocycles. The van der Waals surface area contributed by atoms with E-state index in [1.807, 2.05) is 0 Å². The van der Waals surface area contributed by atoms with E-state index in [9.17, 15) is 4.79 Å². The van der Waals surface area contributed by atoms with Gasteiger partial charge in [0.25, 0.3) is 0 Å². The number of nitrogen functional groups attached to an aromatic ring is 1. The molecular weight excluding hydrogens is 186 g/mol. The van der Waals surface area contributed by atoms with Gasteiger partial charge in [-0.15, -0.1) is 11.3 Å². The maximum Gasteiger partial charge on any atom is 0.338 e. The Hall–Kier alpha value is -1.03. The molecule has 0 atom stereocenters. The Labute approximate surface area is 81.2 Å². The summed E-state index contributed by atoms with van der Waals surface area (Å²) in [5, 5.41) is 9.15. The van der Waals surface area contributed by atoms with Crippen molar-refractivity contribution in [3.63, 3.8) is 0 Å². The summed E-state index contributed by atoms with van der Waals surface area (Å²) in [7, 11) is 0. The Bertz CT molecular complexity index is 307. The monoisotopic (exact) mass is 199 g/mol. The number of hydrogen-bond donors (Lipinski definition) is 2. The molecule has 0 fully saturated rings. The number of rotatable bonds is 4. The average Bonchev–Trinajstić information content (AvgIpc) is 2.43. The molecule has 72 valence electrons. The fourth-order valence-corrected chi connectivity index (χ4v) is 2.06. The molecular formula is C9H13NO2S. The molecule has 3 nitrogen and oxygen atoms in total. The highest BCUT2D eigenvalue weighted by molar-refractivity contribution is 7.16. The van der Waals surface area contributed by atoms with Gasteiger partial charge in [0, 0.05) is 4.88 Å². The first kappa shape index (κ1) is 10.1. The molecule has 0 unspecified atom stereocenters. The van der Waals surface area contributed by atoms with E-state index in [2.05, 4.69) is 6.92 Å². The van der Waals surface area contributed by atoms with Gasteiger partial charge >= 0.3 is 5.97 Å². The molecule has 0 amide bonds. The third kappa shape index (κ3) is 2.45. The Morgan fingerprint density at radius 3 is 2.85 bits per heavy atom. The van der Waals surface area contributed by atoms with Crippen LogP contribution in [0.5, 0.6) is 0 Å². The molecule has 0 saturated carbocycles. The number of aryl methyl sites for hydroxylation is 1. The van der Waals surface area contributed by atoms with Crippen LogP contribution in [0.3, 0.4) is 0 Å². The van der Waals surface area contributed by atoms with Crippen LogP contribution in [0.15, 0.2) is 6.07 Å². The second kappa shape index (κ2) is 4.28. The molecule has 1 aromatic rings. The number of nitrogens with two attached hydrogens (primary N) is 1. The minimum atomic E-state index is -0.934. The lowest BCUT2D eigenvalue weighted by atomic mass is 10.2. The second-order valence-electron chi connectivity index (χ2n) is 2.90. The van der Waals surface area contributed by atoms with E-state index in [0.717, 1.165) is 24.1 Å². The molecule has 0 saturated heterocycles. The van der Waals surface area contributed by atoms with Crippen LogP contribution in [-0.2, 0) is 6.42 Å². The maximum absolute atomic E-state index is 10.6. The van der Waals surface area contributed by atoms with Crippen LogP contribution in [0.2, 0.25) is 0 Å². The summed E-state index contributed by atoms with van der Waals surface area (Å²) >= 11 is 1.38. The number of carboxylic acids is 1. The van der Waals surface area contributed by atoms with Gasteiger partial charge in [0.15, 0.2) is 0 Å². The van der Waals surface area contributed by atoms with E-state index in [4.69, 9.17) is 10.8 Å². The minimum Gasteiger partial charge on any atom is -0.478 e. The largest absolute Gasteiger partial charge is 0.478 e. The Balaban J connectivity index is 2.76. The van der Waals surface area contributed by atoms with Gasteiger partial charge in [-0.05, 0) is 18.9 Å². The molecule has 0 radical (unpaired) electrons. The number of carboxylic acid groups (broad SMARTS) is 1. The lowest BCUT2D eigenvalue weighted by Gasteiger charge is -1.90. The van der Waals surface area contributed by atoms with Crippen molar-refractivity contribution >= 4 is 22.3 Å². The summed E-state index contributed by atoms with van der Waals surface area (Å²) in [5.74, 6) is -0.934. The van der Waals surface area contributed by atoms with E-state index < -0.39 is 5.97 Å². The number of thiophene rings is 1. The molecule has 1 heterocycles. The number of carbonyl (C=O) groups is 1. The van der Waals surface area contributed by atoms with Crippen molar-refractivity contribution < 1.29 is 9.90 Å². The van der Waals surface area contributed by atoms with E-state index in [1.54, 1.807) is 6.07 Å². The SMILES string of the molecule is CCCCc1cc(C(=O)O)c(N)s1. The fourth-order valence-electron chi connectivity index (χ4n) is 1.10. The predicted molar refractivity (Wildman–Crippen MR) is 54.3 cm³/mol. The zero-order chi connectivity index (χ0) is 9.84. The van der Waals surface area contributed by atoms with Crippen molar-refractivity contribution in [2.24, 2.45) is 0 Å². The van der Waals surface area contributed by atoms with E-state index in [0.29, 0.717) is 5.00 Å². The molecule has 1 rings (SSSR count). The normalized spacial score (nSPS) is 10.2. The Morgan fingerprint density at radius 1 is 1.69 bits per heavy atom. The molecule has 4 heteroatoms. The summed E-state index contributed by atoms with van der Waals surface area (Å²) in [5.41, 5.74) is 5.80. The van der Waals surface area contributed by atoms with E-state index in [1.165, 1.54) is 11.3 Å². The predicted octanol–water partition coefficient (Wildman–Crippen LogP) is 2.37. The van der Waals surface area contributed by atoms with Gasteiger partial charge in [0.1, 0.15) is 5.00 Å². The zero-order valence-corrected chi connectivity index (χ0v) is 8.36. The summed E-state index contributed by atoms with van der Waals surface area (Å²) in [4.78, 5) is 11.7. The molecule has 0 spiro atoms. The second-order valence-corrected chi connectivity index (χ2v) is 4.07. The highest BCUT2D eigenvalue weighted by Gasteiger charge is 2.11. The molecule has 1 aromatic heterocycles. The van der Waals surface area contributed by atoms with E-state index in [-0.39, 0.29) is 5.56 Å². The third-order valence-electron chi connectivity index (χ3n) is 1.82. The van der Waals surface area contributed by atoms with Gasteiger partial charge in [-0.25, -0.2) is 4.79 Å². The van der Waals surface area contributed by atoms with Crippen molar-refractivity contribution in [3.8, 4) is 0 Å². The van der Waals surface area contributed by atoms with Gasteiger partial charge in [-0.3, -0.25) is 0 Å². The standard InChI is InChI=1S/C9H13NO2S/c1-2-3-4-6-5-7(9(11)12)8(10)13-6/h5H,2-4,10H2,1H3,(H,11,12). The van der Waals surface area contributed by atoms with Crippen LogP contribution >= 0.6 is 11.3 Å². The molecule has 0 bridgehead atoms. The van der Waals surface area contributed by atoms with Crippen LogP contribution in [0.25, 0.3) is 0 Å². The van der Waals surface area contributed by atoms with Gasteiger partial charge in [0.2, 0.25) is 0 Å². The van der Waals surface area contributed by atoms with Crippen LogP contribution in [0.4, 0.5) is 5.00 Å². The van der Waals surface area contributed by atoms with E-state index >= 15 is 0 Å². The summed E-state index contributed by atoms with van der Waals surface area (Å²) in [6.07, 6.45) is 3.12. The van der Waals surface area contributed by atoms with Gasteiger partial charge in [-0.1, -0.05) is 13.3 Å². The summed E-state index contributed by atoms with van der Waals surface area (Å²) in [6, 6.07) is 1.68. The van der Waals surface area contributed by atoms with Gasteiger partial charge < -0.3 is 10.8 Å². The summed E-state index contributed by atoms with van der Waals surface area (Å²) in [6.45, 7) is 2.11. The van der Waals surface area contributed by atoms with Crippen molar-refractivity contribution in [2.45, 2.75) is 26.2 Å². The topological polar surface area (TPSA) is 63.3 Å². The highest BCUT2D eigenvalue weighted by atomic mass is 32.1. The Kier molecular flexibility index (Phi) is 3.31. The molecule has 13 heavy (non-hydrogen) atoms. The third-order valence-corrected chi connectivity index (χ3v) is 2.84. The van der Waals surface area contributed by atoms with Gasteiger partial charge in [-0.2, -0.15) is 0 Å². The quantitative estimate of drug-likeness (QED) is 0.782. The van der Waals surface area contributed by atoms with Crippen LogP contribution in [-0.4, -0.2) is 11.1 Å². The lowest BCUT2D eigenvalue weighted by molar-refractivity contribution is 0.0698. The molecule has 0 aliphatic rings. The lowest BCUT2D eigenvalue weighted by Crippen LogP contribution is -1.97. The number of unbranched alkanes of at least 4 members (excludes halogenated alkanes) is 1.